The molecule has 0 saturated heterocycles. The zero-order valence-electron chi connectivity index (χ0n) is 9.88. The van der Waals surface area contributed by atoms with E-state index in [1.807, 2.05) is 17.5 Å². The Balaban J connectivity index is 2.71. The van der Waals surface area contributed by atoms with Gasteiger partial charge in [0, 0.05) is 4.88 Å². The summed E-state index contributed by atoms with van der Waals surface area (Å²) in [6.45, 7) is 1.91. The van der Waals surface area contributed by atoms with Crippen LogP contribution in [0.15, 0.2) is 17.5 Å². The first-order valence-corrected chi connectivity index (χ1v) is 6.06. The monoisotopic (exact) mass is 256 g/mol. The normalized spacial score (nSPS) is 11.9. The van der Waals surface area contributed by atoms with Gasteiger partial charge in [-0.2, -0.15) is 0 Å². The number of thiophene rings is 1. The second-order valence-corrected chi connectivity index (χ2v) is 4.67. The fourth-order valence-corrected chi connectivity index (χ4v) is 2.03. The highest BCUT2D eigenvalue weighted by atomic mass is 32.1. The molecule has 0 aromatic carbocycles. The number of nitrogens with zero attached hydrogens (tertiary/aromatic N) is 1. The van der Waals surface area contributed by atoms with Gasteiger partial charge in [0.05, 0.1) is 19.7 Å². The van der Waals surface area contributed by atoms with E-state index in [0.717, 1.165) is 4.88 Å². The van der Waals surface area contributed by atoms with Gasteiger partial charge in [0.15, 0.2) is 0 Å². The van der Waals surface area contributed by atoms with E-state index in [4.69, 9.17) is 5.73 Å². The van der Waals surface area contributed by atoms with Crippen LogP contribution in [0.25, 0.3) is 0 Å². The van der Waals surface area contributed by atoms with E-state index in [2.05, 4.69) is 4.74 Å². The van der Waals surface area contributed by atoms with E-state index in [0.29, 0.717) is 6.54 Å². The van der Waals surface area contributed by atoms with Gasteiger partial charge < -0.3 is 15.4 Å². The number of hydrogen-bond acceptors (Lipinski definition) is 5. The van der Waals surface area contributed by atoms with Crippen LogP contribution in [-0.2, 0) is 20.9 Å². The number of methoxy groups -OCH3 is 1. The fourth-order valence-electron chi connectivity index (χ4n) is 1.31. The van der Waals surface area contributed by atoms with E-state index in [-0.39, 0.29) is 12.5 Å². The summed E-state index contributed by atoms with van der Waals surface area (Å²) in [5, 5.41) is 1.92. The van der Waals surface area contributed by atoms with Gasteiger partial charge in [-0.3, -0.25) is 9.59 Å². The van der Waals surface area contributed by atoms with Crippen LogP contribution in [0.2, 0.25) is 0 Å². The molecule has 0 saturated carbocycles. The summed E-state index contributed by atoms with van der Waals surface area (Å²) in [5.41, 5.74) is 5.54. The topological polar surface area (TPSA) is 72.6 Å². The van der Waals surface area contributed by atoms with Crippen molar-refractivity contribution >= 4 is 23.2 Å². The predicted molar refractivity (Wildman–Crippen MR) is 65.4 cm³/mol. The largest absolute Gasteiger partial charge is 0.468 e. The molecule has 94 valence electrons. The smallest absolute Gasteiger partial charge is 0.325 e. The molecule has 1 atom stereocenters. The summed E-state index contributed by atoms with van der Waals surface area (Å²) in [6, 6.07) is 3.18. The van der Waals surface area contributed by atoms with Gasteiger partial charge >= 0.3 is 5.97 Å². The van der Waals surface area contributed by atoms with Crippen LogP contribution in [0.3, 0.4) is 0 Å². The summed E-state index contributed by atoms with van der Waals surface area (Å²) in [5.74, 6) is -0.709. The third kappa shape index (κ3) is 4.16. The number of hydrogen-bond donors (Lipinski definition) is 1. The minimum atomic E-state index is -0.625. The second kappa shape index (κ2) is 6.36. The molecule has 0 bridgehead atoms. The van der Waals surface area contributed by atoms with E-state index in [9.17, 15) is 9.59 Å². The maximum atomic E-state index is 11.8. The number of nitrogens with two attached hydrogens (primary N) is 1. The Hall–Kier alpha value is -1.40. The summed E-state index contributed by atoms with van der Waals surface area (Å²) >= 11 is 1.53. The molecule has 5 nitrogen and oxygen atoms in total. The SMILES string of the molecule is COC(=O)CN(Cc1cccs1)C(=O)[C@@H](C)N. The van der Waals surface area contributed by atoms with Crippen molar-refractivity contribution < 1.29 is 14.3 Å². The van der Waals surface area contributed by atoms with E-state index in [1.165, 1.54) is 23.3 Å². The van der Waals surface area contributed by atoms with Crippen molar-refractivity contribution in [2.24, 2.45) is 5.73 Å². The molecular weight excluding hydrogens is 240 g/mol. The molecule has 6 heteroatoms. The van der Waals surface area contributed by atoms with Crippen molar-refractivity contribution in [1.82, 2.24) is 4.90 Å². The zero-order chi connectivity index (χ0) is 12.8. The quantitative estimate of drug-likeness (QED) is 0.783. The maximum absolute atomic E-state index is 11.8. The minimum Gasteiger partial charge on any atom is -0.468 e. The summed E-state index contributed by atoms with van der Waals surface area (Å²) < 4.78 is 4.56. The first-order chi connectivity index (χ1) is 8.04. The third-order valence-corrected chi connectivity index (χ3v) is 3.04. The molecule has 1 aromatic rings. The van der Waals surface area contributed by atoms with Gasteiger partial charge in [0.1, 0.15) is 6.54 Å². The predicted octanol–water partition coefficient (Wildman–Crippen LogP) is 0.597. The van der Waals surface area contributed by atoms with E-state index < -0.39 is 12.0 Å². The zero-order valence-corrected chi connectivity index (χ0v) is 10.7. The summed E-state index contributed by atoms with van der Waals surface area (Å²) in [7, 11) is 1.29. The first kappa shape index (κ1) is 13.7. The van der Waals surface area contributed by atoms with Crippen LogP contribution in [0.4, 0.5) is 0 Å². The maximum Gasteiger partial charge on any atom is 0.325 e. The summed E-state index contributed by atoms with van der Waals surface area (Å²) in [4.78, 5) is 25.5. The van der Waals surface area contributed by atoms with Crippen LogP contribution in [0, 0.1) is 0 Å². The molecule has 0 spiro atoms. The Labute approximate surface area is 104 Å². The van der Waals surface area contributed by atoms with Gasteiger partial charge in [-0.1, -0.05) is 6.07 Å². The van der Waals surface area contributed by atoms with Crippen molar-refractivity contribution in [1.29, 1.82) is 0 Å². The van der Waals surface area contributed by atoms with Crippen molar-refractivity contribution in [3.63, 3.8) is 0 Å². The molecule has 1 rings (SSSR count). The van der Waals surface area contributed by atoms with Crippen molar-refractivity contribution in [2.45, 2.75) is 19.5 Å². The van der Waals surface area contributed by atoms with E-state index in [1.54, 1.807) is 6.92 Å². The highest BCUT2D eigenvalue weighted by Gasteiger charge is 2.21. The van der Waals surface area contributed by atoms with Crippen LogP contribution in [0.5, 0.6) is 0 Å². The Morgan fingerprint density at radius 2 is 2.29 bits per heavy atom. The highest BCUT2D eigenvalue weighted by Crippen LogP contribution is 2.12. The highest BCUT2D eigenvalue weighted by molar-refractivity contribution is 7.09. The van der Waals surface area contributed by atoms with Gasteiger partial charge in [0.25, 0.3) is 0 Å². The van der Waals surface area contributed by atoms with Gasteiger partial charge in [-0.25, -0.2) is 0 Å². The number of carbonyl (C=O) groups is 2. The van der Waals surface area contributed by atoms with Crippen LogP contribution in [0.1, 0.15) is 11.8 Å². The molecule has 17 heavy (non-hydrogen) atoms. The molecule has 0 radical (unpaired) electrons. The first-order valence-electron chi connectivity index (χ1n) is 5.18. The lowest BCUT2D eigenvalue weighted by atomic mass is 10.3. The second-order valence-electron chi connectivity index (χ2n) is 3.64. The van der Waals surface area contributed by atoms with Gasteiger partial charge in [-0.15, -0.1) is 11.3 Å². The average molecular weight is 256 g/mol. The number of ether oxygens (including phenoxy) is 1. The molecule has 0 fully saturated rings. The average Bonchev–Trinajstić information content (AvgIpc) is 2.79. The molecule has 1 amide bonds. The van der Waals surface area contributed by atoms with Crippen molar-refractivity contribution in [3.05, 3.63) is 22.4 Å². The molecule has 0 aliphatic carbocycles. The van der Waals surface area contributed by atoms with Crippen LogP contribution >= 0.6 is 11.3 Å². The molecule has 0 aliphatic heterocycles. The van der Waals surface area contributed by atoms with Crippen LogP contribution < -0.4 is 5.73 Å². The fraction of sp³-hybridized carbons (Fsp3) is 0.455. The van der Waals surface area contributed by atoms with Crippen LogP contribution in [-0.4, -0.2) is 36.5 Å². The third-order valence-electron chi connectivity index (χ3n) is 2.18. The Bertz CT molecular complexity index is 376. The lowest BCUT2D eigenvalue weighted by molar-refractivity contribution is -0.147. The molecule has 0 unspecified atom stereocenters. The Morgan fingerprint density at radius 1 is 1.59 bits per heavy atom. The number of amides is 1. The molecule has 1 heterocycles. The molecule has 0 aliphatic rings. The standard InChI is InChI=1S/C11H16N2O3S/c1-8(12)11(15)13(7-10(14)16-2)6-9-4-3-5-17-9/h3-5,8H,6-7,12H2,1-2H3/t8-/m1/s1. The lowest BCUT2D eigenvalue weighted by Gasteiger charge is -2.22. The lowest BCUT2D eigenvalue weighted by Crippen LogP contribution is -2.44. The number of carbonyl (C=O) groups excluding carboxylic acids is 2. The minimum absolute atomic E-state index is 0.0746. The summed E-state index contributed by atoms with van der Waals surface area (Å²) in [6.07, 6.45) is 0. The Kier molecular flexibility index (Phi) is 5.11. The van der Waals surface area contributed by atoms with Crippen molar-refractivity contribution in [2.75, 3.05) is 13.7 Å². The van der Waals surface area contributed by atoms with Gasteiger partial charge in [-0.05, 0) is 18.4 Å². The molecule has 2 N–H and O–H groups in total. The number of rotatable bonds is 5. The Morgan fingerprint density at radius 3 is 2.76 bits per heavy atom. The molecule has 1 aromatic heterocycles. The molecular formula is C11H16N2O3S. The van der Waals surface area contributed by atoms with Crippen molar-refractivity contribution in [3.8, 4) is 0 Å². The number of esters is 1. The van der Waals surface area contributed by atoms with E-state index >= 15 is 0 Å². The van der Waals surface area contributed by atoms with Gasteiger partial charge in [0.2, 0.25) is 5.91 Å².